The summed E-state index contributed by atoms with van der Waals surface area (Å²) in [5, 5.41) is 18.7. The fraction of sp³-hybridized carbons (Fsp3) is 0.524. The molecule has 2 aliphatic heterocycles. The van der Waals surface area contributed by atoms with Gasteiger partial charge in [-0.05, 0) is 41.3 Å². The fourth-order valence-corrected chi connectivity index (χ4v) is 7.43. The highest BCUT2D eigenvalue weighted by atomic mass is 79.9. The molecule has 3 amide bonds. The predicted octanol–water partition coefficient (Wildman–Crippen LogP) is 2.48. The number of carbonyl (C=O) groups is 3. The molecule has 0 aliphatic carbocycles. The zero-order valence-corrected chi connectivity index (χ0v) is 24.0. The van der Waals surface area contributed by atoms with E-state index in [4.69, 9.17) is 0 Å². The molecule has 188 valence electrons. The van der Waals surface area contributed by atoms with Gasteiger partial charge < -0.3 is 10.6 Å². The molecule has 35 heavy (non-hydrogen) atoms. The van der Waals surface area contributed by atoms with Crippen molar-refractivity contribution in [1.82, 2.24) is 35.5 Å². The number of nitrogens with zero attached hydrogens (tertiary/aromatic N) is 5. The summed E-state index contributed by atoms with van der Waals surface area (Å²) in [7, 11) is 1.75. The molecular formula is C21H26BrN7O3S3. The minimum atomic E-state index is -0.727. The van der Waals surface area contributed by atoms with Crippen LogP contribution in [-0.2, 0) is 16.6 Å². The molecule has 2 N–H and O–H groups in total. The lowest BCUT2D eigenvalue weighted by molar-refractivity contribution is -0.145. The molecule has 2 atom stereocenters. The third-order valence-corrected chi connectivity index (χ3v) is 9.92. The second-order valence-corrected chi connectivity index (χ2v) is 13.0. The van der Waals surface area contributed by atoms with Crippen molar-refractivity contribution in [2.45, 2.75) is 43.5 Å². The molecule has 2 aliphatic rings. The molecule has 0 saturated carbocycles. The van der Waals surface area contributed by atoms with Gasteiger partial charge in [-0.3, -0.25) is 24.0 Å². The maximum atomic E-state index is 13.2. The number of aromatic nitrogens is 4. The molecular weight excluding hydrogens is 574 g/mol. The lowest BCUT2D eigenvalue weighted by Crippen LogP contribution is -2.71. The Kier molecular flexibility index (Phi) is 7.93. The molecule has 4 rings (SSSR count). The predicted molar refractivity (Wildman–Crippen MR) is 140 cm³/mol. The SMILES string of the molecule is Cc1nnc(SCC2=C(C(=O)NCC(C)C)N3C(=O)[C@H](NC(=O)c4nn(C)c(C)c4Br)[C@@H]3SC2)s1. The first kappa shape index (κ1) is 26.2. The summed E-state index contributed by atoms with van der Waals surface area (Å²) in [6.45, 7) is 8.27. The Hall–Kier alpha value is -1.90. The van der Waals surface area contributed by atoms with Crippen molar-refractivity contribution in [2.75, 3.05) is 18.1 Å². The van der Waals surface area contributed by atoms with Crippen LogP contribution in [0.3, 0.4) is 0 Å². The van der Waals surface area contributed by atoms with Gasteiger partial charge in [-0.1, -0.05) is 36.9 Å². The van der Waals surface area contributed by atoms with Gasteiger partial charge in [-0.15, -0.1) is 22.0 Å². The second-order valence-electron chi connectivity index (χ2n) is 8.66. The van der Waals surface area contributed by atoms with E-state index in [-0.39, 0.29) is 28.8 Å². The maximum Gasteiger partial charge on any atom is 0.273 e. The average Bonchev–Trinajstić information content (AvgIpc) is 3.36. The van der Waals surface area contributed by atoms with Crippen molar-refractivity contribution in [1.29, 1.82) is 0 Å². The van der Waals surface area contributed by atoms with Crippen LogP contribution >= 0.6 is 50.8 Å². The topological polar surface area (TPSA) is 122 Å². The summed E-state index contributed by atoms with van der Waals surface area (Å²) in [6.07, 6.45) is 0. The number of carbonyl (C=O) groups excluding carboxylic acids is 3. The van der Waals surface area contributed by atoms with Gasteiger partial charge in [-0.2, -0.15) is 5.10 Å². The van der Waals surface area contributed by atoms with E-state index in [1.807, 2.05) is 27.7 Å². The van der Waals surface area contributed by atoms with Gasteiger partial charge in [0.1, 0.15) is 22.1 Å². The Morgan fingerprint density at radius 2 is 2.00 bits per heavy atom. The lowest BCUT2D eigenvalue weighted by Gasteiger charge is -2.50. The quantitative estimate of drug-likeness (QED) is 0.350. The van der Waals surface area contributed by atoms with Crippen LogP contribution < -0.4 is 10.6 Å². The highest BCUT2D eigenvalue weighted by Crippen LogP contribution is 2.42. The first-order valence-electron chi connectivity index (χ1n) is 11.0. The Labute approximate surface area is 224 Å². The van der Waals surface area contributed by atoms with E-state index in [0.29, 0.717) is 28.2 Å². The molecule has 2 aromatic heterocycles. The Balaban J connectivity index is 1.53. The van der Waals surface area contributed by atoms with Crippen LogP contribution in [0.4, 0.5) is 0 Å². The zero-order chi connectivity index (χ0) is 25.4. The van der Waals surface area contributed by atoms with E-state index in [9.17, 15) is 14.4 Å². The fourth-order valence-electron chi connectivity index (χ4n) is 3.61. The molecule has 0 spiro atoms. The molecule has 4 heterocycles. The van der Waals surface area contributed by atoms with Crippen molar-refractivity contribution in [3.63, 3.8) is 0 Å². The third kappa shape index (κ3) is 5.30. The minimum Gasteiger partial charge on any atom is -0.351 e. The summed E-state index contributed by atoms with van der Waals surface area (Å²) in [4.78, 5) is 40.8. The zero-order valence-electron chi connectivity index (χ0n) is 19.9. The number of rotatable bonds is 8. The van der Waals surface area contributed by atoms with Crippen LogP contribution in [0.1, 0.15) is 35.0 Å². The van der Waals surface area contributed by atoms with Crippen molar-refractivity contribution >= 4 is 68.5 Å². The average molecular weight is 601 g/mol. The third-order valence-electron chi connectivity index (χ3n) is 5.57. The number of β-lactam (4-membered cyclic amide) rings is 1. The van der Waals surface area contributed by atoms with Crippen molar-refractivity contribution in [3.8, 4) is 0 Å². The van der Waals surface area contributed by atoms with Crippen molar-refractivity contribution in [2.24, 2.45) is 13.0 Å². The van der Waals surface area contributed by atoms with Crippen LogP contribution in [0.2, 0.25) is 0 Å². The van der Waals surface area contributed by atoms with Gasteiger partial charge in [0.2, 0.25) is 0 Å². The normalized spacial score (nSPS) is 19.6. The highest BCUT2D eigenvalue weighted by molar-refractivity contribution is 9.10. The number of hydrogen-bond donors (Lipinski definition) is 2. The minimum absolute atomic E-state index is 0.229. The summed E-state index contributed by atoms with van der Waals surface area (Å²) >= 11 is 7.94. The Morgan fingerprint density at radius 1 is 1.26 bits per heavy atom. The molecule has 10 nitrogen and oxygen atoms in total. The number of nitrogens with one attached hydrogen (secondary N) is 2. The standard InChI is InChI=1S/C21H26BrN7O3S3/c1-9(2)6-23-18(31)16-12(8-34-21-26-25-11(4)35-21)7-33-20-15(19(32)29(16)20)24-17(30)14-13(22)10(3)28(5)27-14/h9,15,20H,6-8H2,1-5H3,(H,23,31)(H,24,30)/t15-,20-/m0/s1. The molecule has 0 aromatic carbocycles. The summed E-state index contributed by atoms with van der Waals surface area (Å²) in [5.41, 5.74) is 2.29. The van der Waals surface area contributed by atoms with Crippen LogP contribution in [0, 0.1) is 19.8 Å². The lowest BCUT2D eigenvalue weighted by atomic mass is 10.0. The number of thioether (sulfide) groups is 2. The number of amides is 3. The van der Waals surface area contributed by atoms with E-state index in [0.717, 1.165) is 20.6 Å². The number of aryl methyl sites for hydroxylation is 2. The van der Waals surface area contributed by atoms with Gasteiger partial charge in [0.25, 0.3) is 17.7 Å². The van der Waals surface area contributed by atoms with E-state index >= 15 is 0 Å². The molecule has 14 heteroatoms. The van der Waals surface area contributed by atoms with Gasteiger partial charge in [-0.25, -0.2) is 0 Å². The largest absolute Gasteiger partial charge is 0.351 e. The Bertz CT molecular complexity index is 1210. The number of fused-ring (bicyclic) bond motifs is 1. The summed E-state index contributed by atoms with van der Waals surface area (Å²) < 4.78 is 3.02. The maximum absolute atomic E-state index is 13.2. The Morgan fingerprint density at radius 3 is 2.60 bits per heavy atom. The molecule has 1 saturated heterocycles. The molecule has 0 radical (unpaired) electrons. The van der Waals surface area contributed by atoms with Gasteiger partial charge in [0.05, 0.1) is 10.2 Å². The molecule has 2 aromatic rings. The summed E-state index contributed by atoms with van der Waals surface area (Å²) in [5.74, 6) is 0.372. The van der Waals surface area contributed by atoms with Gasteiger partial charge in [0.15, 0.2) is 10.0 Å². The first-order valence-corrected chi connectivity index (χ1v) is 14.6. The molecule has 0 unspecified atom stereocenters. The second kappa shape index (κ2) is 10.6. The van der Waals surface area contributed by atoms with Crippen LogP contribution in [0.15, 0.2) is 20.1 Å². The molecule has 0 bridgehead atoms. The molecule has 1 fully saturated rings. The van der Waals surface area contributed by atoms with Crippen LogP contribution in [0.25, 0.3) is 0 Å². The van der Waals surface area contributed by atoms with Gasteiger partial charge >= 0.3 is 0 Å². The van der Waals surface area contributed by atoms with Crippen molar-refractivity contribution < 1.29 is 14.4 Å². The smallest absolute Gasteiger partial charge is 0.273 e. The van der Waals surface area contributed by atoms with Crippen LogP contribution in [0.5, 0.6) is 0 Å². The highest BCUT2D eigenvalue weighted by Gasteiger charge is 2.54. The van der Waals surface area contributed by atoms with E-state index in [2.05, 4.69) is 41.9 Å². The van der Waals surface area contributed by atoms with Crippen molar-refractivity contribution in [3.05, 3.63) is 32.1 Å². The van der Waals surface area contributed by atoms with E-state index < -0.39 is 11.9 Å². The van der Waals surface area contributed by atoms with Crippen LogP contribution in [-0.4, -0.2) is 72.1 Å². The van der Waals surface area contributed by atoms with E-state index in [1.165, 1.54) is 39.8 Å². The number of hydrogen-bond acceptors (Lipinski definition) is 9. The monoisotopic (exact) mass is 599 g/mol. The van der Waals surface area contributed by atoms with Gasteiger partial charge in [0, 0.05) is 25.1 Å². The number of halogens is 1. The first-order chi connectivity index (χ1) is 16.6. The summed E-state index contributed by atoms with van der Waals surface area (Å²) in [6, 6.07) is -0.727. The van der Waals surface area contributed by atoms with E-state index in [1.54, 1.807) is 11.7 Å².